The molecule has 2 N–H and O–H groups in total. The molecule has 3 rings (SSSR count). The van der Waals surface area contributed by atoms with Crippen LogP contribution in [0.4, 0.5) is 4.39 Å². The highest BCUT2D eigenvalue weighted by Gasteiger charge is 2.37. The van der Waals surface area contributed by atoms with Crippen LogP contribution in [0.15, 0.2) is 18.2 Å². The predicted octanol–water partition coefficient (Wildman–Crippen LogP) is 3.01. The van der Waals surface area contributed by atoms with Gasteiger partial charge in [0.1, 0.15) is 5.82 Å². The summed E-state index contributed by atoms with van der Waals surface area (Å²) in [5, 5.41) is 0. The Morgan fingerprint density at radius 1 is 1.32 bits per heavy atom. The van der Waals surface area contributed by atoms with E-state index >= 15 is 0 Å². The van der Waals surface area contributed by atoms with Crippen molar-refractivity contribution in [3.05, 3.63) is 35.1 Å². The maximum atomic E-state index is 13.3. The number of aryl methyl sites for hydroxylation is 1. The molecule has 0 aliphatic heterocycles. The molecule has 2 aliphatic rings. The molecule has 1 aromatic rings. The number of rotatable bonds is 6. The van der Waals surface area contributed by atoms with Crippen molar-refractivity contribution in [1.82, 2.24) is 4.90 Å². The van der Waals surface area contributed by atoms with Crippen LogP contribution in [0.2, 0.25) is 0 Å². The van der Waals surface area contributed by atoms with Crippen LogP contribution in [-0.4, -0.2) is 24.0 Å². The fraction of sp³-hybridized carbons (Fsp3) is 0.625. The average Bonchev–Trinajstić information content (AvgIpc) is 3.25. The summed E-state index contributed by atoms with van der Waals surface area (Å²) in [5.41, 5.74) is 8.27. The zero-order valence-electron chi connectivity index (χ0n) is 11.6. The minimum absolute atomic E-state index is 0.155. The number of hydrogen-bond donors (Lipinski definition) is 1. The fourth-order valence-corrected chi connectivity index (χ4v) is 2.99. The topological polar surface area (TPSA) is 29.3 Å². The Morgan fingerprint density at radius 3 is 2.58 bits per heavy atom. The maximum Gasteiger partial charge on any atom is 0.123 e. The van der Waals surface area contributed by atoms with Crippen LogP contribution in [0.25, 0.3) is 0 Å². The number of hydrogen-bond acceptors (Lipinski definition) is 2. The third-order valence-corrected chi connectivity index (χ3v) is 4.40. The van der Waals surface area contributed by atoms with E-state index in [9.17, 15) is 4.39 Å². The van der Waals surface area contributed by atoms with Gasteiger partial charge in [-0.1, -0.05) is 6.07 Å². The molecular formula is C16H23FN2. The first-order valence-electron chi connectivity index (χ1n) is 7.41. The quantitative estimate of drug-likeness (QED) is 0.854. The van der Waals surface area contributed by atoms with E-state index < -0.39 is 0 Å². The molecule has 2 saturated carbocycles. The van der Waals surface area contributed by atoms with E-state index in [-0.39, 0.29) is 11.9 Å². The second kappa shape index (κ2) is 5.22. The van der Waals surface area contributed by atoms with Crippen molar-refractivity contribution in [2.45, 2.75) is 44.7 Å². The van der Waals surface area contributed by atoms with Crippen LogP contribution in [0.5, 0.6) is 0 Å². The Bertz CT molecular complexity index is 452. The van der Waals surface area contributed by atoms with Gasteiger partial charge in [-0.15, -0.1) is 0 Å². The Hall–Kier alpha value is -0.930. The summed E-state index contributed by atoms with van der Waals surface area (Å²) in [6.07, 6.45) is 5.32. The van der Waals surface area contributed by atoms with Crippen molar-refractivity contribution in [2.75, 3.05) is 13.1 Å². The lowest BCUT2D eigenvalue weighted by Gasteiger charge is -2.32. The smallest absolute Gasteiger partial charge is 0.123 e. The first-order valence-corrected chi connectivity index (χ1v) is 7.41. The molecule has 0 aromatic heterocycles. The molecule has 0 saturated heterocycles. The molecule has 2 aliphatic carbocycles. The van der Waals surface area contributed by atoms with Crippen LogP contribution in [0, 0.1) is 18.7 Å². The summed E-state index contributed by atoms with van der Waals surface area (Å²) in [4.78, 5) is 2.58. The van der Waals surface area contributed by atoms with E-state index in [0.29, 0.717) is 12.6 Å². The molecule has 2 fully saturated rings. The van der Waals surface area contributed by atoms with Gasteiger partial charge >= 0.3 is 0 Å². The SMILES string of the molecule is Cc1cc(F)ccc1C(CN)N(CC1CC1)C1CC1. The fourth-order valence-electron chi connectivity index (χ4n) is 2.99. The monoisotopic (exact) mass is 262 g/mol. The Balaban J connectivity index is 1.83. The number of nitrogens with zero attached hydrogens (tertiary/aromatic N) is 1. The summed E-state index contributed by atoms with van der Waals surface area (Å²) in [6, 6.07) is 6.07. The first-order chi connectivity index (χ1) is 9.19. The number of nitrogens with two attached hydrogens (primary N) is 1. The highest BCUT2D eigenvalue weighted by atomic mass is 19.1. The van der Waals surface area contributed by atoms with Crippen molar-refractivity contribution < 1.29 is 4.39 Å². The molecule has 0 amide bonds. The van der Waals surface area contributed by atoms with E-state index in [0.717, 1.165) is 11.5 Å². The number of halogens is 1. The summed E-state index contributed by atoms with van der Waals surface area (Å²) in [7, 11) is 0. The molecule has 1 atom stereocenters. The molecule has 104 valence electrons. The van der Waals surface area contributed by atoms with Crippen molar-refractivity contribution in [3.63, 3.8) is 0 Å². The van der Waals surface area contributed by atoms with Gasteiger partial charge in [0.25, 0.3) is 0 Å². The van der Waals surface area contributed by atoms with Crippen LogP contribution in [0.3, 0.4) is 0 Å². The largest absolute Gasteiger partial charge is 0.329 e. The summed E-state index contributed by atoms with van der Waals surface area (Å²) < 4.78 is 13.3. The van der Waals surface area contributed by atoms with Crippen molar-refractivity contribution in [3.8, 4) is 0 Å². The third-order valence-electron chi connectivity index (χ3n) is 4.40. The molecule has 0 heterocycles. The lowest BCUT2D eigenvalue weighted by atomic mass is 9.99. The Labute approximate surface area is 114 Å². The zero-order valence-corrected chi connectivity index (χ0v) is 11.6. The minimum Gasteiger partial charge on any atom is -0.329 e. The lowest BCUT2D eigenvalue weighted by Crippen LogP contribution is -2.37. The van der Waals surface area contributed by atoms with Crippen molar-refractivity contribution in [2.24, 2.45) is 11.7 Å². The number of benzene rings is 1. The van der Waals surface area contributed by atoms with Gasteiger partial charge in [0, 0.05) is 25.2 Å². The van der Waals surface area contributed by atoms with Gasteiger partial charge in [0.15, 0.2) is 0 Å². The molecule has 1 aromatic carbocycles. The van der Waals surface area contributed by atoms with Gasteiger partial charge in [-0.25, -0.2) is 4.39 Å². The second-order valence-electron chi connectivity index (χ2n) is 6.12. The summed E-state index contributed by atoms with van der Waals surface area (Å²) in [6.45, 7) is 3.78. The van der Waals surface area contributed by atoms with Crippen LogP contribution in [-0.2, 0) is 0 Å². The van der Waals surface area contributed by atoms with E-state index in [1.54, 1.807) is 12.1 Å². The molecule has 3 heteroatoms. The predicted molar refractivity (Wildman–Crippen MR) is 75.4 cm³/mol. The van der Waals surface area contributed by atoms with Gasteiger partial charge in [-0.2, -0.15) is 0 Å². The summed E-state index contributed by atoms with van der Waals surface area (Å²) >= 11 is 0. The lowest BCUT2D eigenvalue weighted by molar-refractivity contribution is 0.182. The highest BCUT2D eigenvalue weighted by Crippen LogP contribution is 2.39. The molecule has 0 bridgehead atoms. The van der Waals surface area contributed by atoms with Crippen LogP contribution in [0.1, 0.15) is 42.9 Å². The van der Waals surface area contributed by atoms with Gasteiger partial charge < -0.3 is 5.73 Å². The van der Waals surface area contributed by atoms with Crippen LogP contribution >= 0.6 is 0 Å². The van der Waals surface area contributed by atoms with E-state index in [1.165, 1.54) is 37.8 Å². The Kier molecular flexibility index (Phi) is 3.59. The maximum absolute atomic E-state index is 13.3. The zero-order chi connectivity index (χ0) is 13.4. The first kappa shape index (κ1) is 13.1. The molecular weight excluding hydrogens is 239 g/mol. The van der Waals surface area contributed by atoms with E-state index in [4.69, 9.17) is 5.73 Å². The standard InChI is InChI=1S/C16H23FN2/c1-11-8-13(17)4-7-15(11)16(9-18)19(14-5-6-14)10-12-2-3-12/h4,7-8,12,14,16H,2-3,5-6,9-10,18H2,1H3. The van der Waals surface area contributed by atoms with Gasteiger partial charge in [0.05, 0.1) is 0 Å². The average molecular weight is 262 g/mol. The van der Waals surface area contributed by atoms with Crippen LogP contribution < -0.4 is 5.73 Å². The summed E-state index contributed by atoms with van der Waals surface area (Å²) in [5.74, 6) is 0.715. The Morgan fingerprint density at radius 2 is 2.05 bits per heavy atom. The molecule has 1 unspecified atom stereocenters. The molecule has 19 heavy (non-hydrogen) atoms. The normalized spacial score (nSPS) is 20.8. The van der Waals surface area contributed by atoms with Gasteiger partial charge in [-0.05, 0) is 61.8 Å². The molecule has 2 nitrogen and oxygen atoms in total. The highest BCUT2D eigenvalue weighted by molar-refractivity contribution is 5.30. The van der Waals surface area contributed by atoms with E-state index in [2.05, 4.69) is 4.90 Å². The van der Waals surface area contributed by atoms with Crippen molar-refractivity contribution in [1.29, 1.82) is 0 Å². The minimum atomic E-state index is -0.155. The van der Waals surface area contributed by atoms with Crippen molar-refractivity contribution >= 4 is 0 Å². The second-order valence-corrected chi connectivity index (χ2v) is 6.12. The van der Waals surface area contributed by atoms with Gasteiger partial charge in [0.2, 0.25) is 0 Å². The molecule has 0 radical (unpaired) electrons. The van der Waals surface area contributed by atoms with E-state index in [1.807, 2.05) is 13.0 Å². The molecule has 0 spiro atoms. The third kappa shape index (κ3) is 2.98. The van der Waals surface area contributed by atoms with Gasteiger partial charge in [-0.3, -0.25) is 4.90 Å².